The van der Waals surface area contributed by atoms with Crippen molar-refractivity contribution in [3.05, 3.63) is 53.9 Å². The molecule has 2 amide bonds. The van der Waals surface area contributed by atoms with Crippen molar-refractivity contribution in [2.45, 2.75) is 13.5 Å². The van der Waals surface area contributed by atoms with Crippen LogP contribution < -0.4 is 0 Å². The maximum Gasteiger partial charge on any atom is 0.246 e. The Labute approximate surface area is 146 Å². The van der Waals surface area contributed by atoms with Gasteiger partial charge in [-0.1, -0.05) is 35.5 Å². The van der Waals surface area contributed by atoms with Crippen LogP contribution in [-0.4, -0.2) is 62.8 Å². The van der Waals surface area contributed by atoms with E-state index in [1.165, 1.54) is 6.08 Å². The largest absolute Gasteiger partial charge is 0.339 e. The van der Waals surface area contributed by atoms with Gasteiger partial charge in [0, 0.05) is 39.2 Å². The molecule has 7 nitrogen and oxygen atoms in total. The van der Waals surface area contributed by atoms with E-state index in [1.807, 2.05) is 36.5 Å². The van der Waals surface area contributed by atoms with Gasteiger partial charge in [-0.2, -0.15) is 0 Å². The van der Waals surface area contributed by atoms with E-state index < -0.39 is 0 Å². The van der Waals surface area contributed by atoms with Crippen LogP contribution in [0.2, 0.25) is 0 Å². The molecule has 3 rings (SSSR count). The van der Waals surface area contributed by atoms with Crippen molar-refractivity contribution >= 4 is 17.9 Å². The summed E-state index contributed by atoms with van der Waals surface area (Å²) in [4.78, 5) is 27.0. The number of carbonyl (C=O) groups excluding carboxylic acids is 2. The average Bonchev–Trinajstić information content (AvgIpc) is 3.08. The van der Waals surface area contributed by atoms with Crippen molar-refractivity contribution in [1.29, 1.82) is 0 Å². The van der Waals surface area contributed by atoms with Crippen LogP contribution in [0.4, 0.5) is 0 Å². The maximum absolute atomic E-state index is 12.2. The summed E-state index contributed by atoms with van der Waals surface area (Å²) >= 11 is 0. The van der Waals surface area contributed by atoms with Crippen molar-refractivity contribution < 1.29 is 9.59 Å². The number of nitrogens with zero attached hydrogens (tertiary/aromatic N) is 5. The van der Waals surface area contributed by atoms with Gasteiger partial charge in [-0.25, -0.2) is 4.68 Å². The van der Waals surface area contributed by atoms with Crippen LogP contribution >= 0.6 is 0 Å². The lowest BCUT2D eigenvalue weighted by molar-refractivity contribution is -0.135. The lowest BCUT2D eigenvalue weighted by Gasteiger charge is -2.33. The second-order valence-electron chi connectivity index (χ2n) is 5.99. The molecule has 2 heterocycles. The number of aromatic nitrogens is 3. The van der Waals surface area contributed by atoms with Gasteiger partial charge in [-0.15, -0.1) is 5.10 Å². The standard InChI is InChI=1S/C18H21N5O2/c1-15(24)21-9-11-22(12-10-21)18(25)8-7-17-14-23(20-19-17)13-16-5-3-2-4-6-16/h2-8,14H,9-13H2,1H3/b8-7+. The van der Waals surface area contributed by atoms with Gasteiger partial charge in [0.1, 0.15) is 5.69 Å². The Morgan fingerprint density at radius 3 is 2.44 bits per heavy atom. The van der Waals surface area contributed by atoms with Crippen LogP contribution in [0.1, 0.15) is 18.2 Å². The Morgan fingerprint density at radius 1 is 1.08 bits per heavy atom. The van der Waals surface area contributed by atoms with Crippen LogP contribution in [0.5, 0.6) is 0 Å². The molecule has 0 bridgehead atoms. The molecule has 0 spiro atoms. The Balaban J connectivity index is 1.54. The van der Waals surface area contributed by atoms with E-state index in [0.717, 1.165) is 5.56 Å². The minimum Gasteiger partial charge on any atom is -0.339 e. The van der Waals surface area contributed by atoms with Gasteiger partial charge in [-0.05, 0) is 11.6 Å². The molecule has 25 heavy (non-hydrogen) atoms. The smallest absolute Gasteiger partial charge is 0.246 e. The third kappa shape index (κ3) is 4.53. The van der Waals surface area contributed by atoms with Gasteiger partial charge < -0.3 is 9.80 Å². The Kier molecular flexibility index (Phi) is 5.23. The monoisotopic (exact) mass is 339 g/mol. The first-order valence-corrected chi connectivity index (χ1v) is 8.28. The van der Waals surface area contributed by atoms with Crippen molar-refractivity contribution in [3.8, 4) is 0 Å². The molecule has 7 heteroatoms. The summed E-state index contributed by atoms with van der Waals surface area (Å²) < 4.78 is 1.74. The number of hydrogen-bond acceptors (Lipinski definition) is 4. The molecule has 130 valence electrons. The first-order valence-electron chi connectivity index (χ1n) is 8.28. The molecular weight excluding hydrogens is 318 g/mol. The molecule has 1 aromatic heterocycles. The summed E-state index contributed by atoms with van der Waals surface area (Å²) in [6.45, 7) is 4.48. The summed E-state index contributed by atoms with van der Waals surface area (Å²) in [5, 5.41) is 8.14. The van der Waals surface area contributed by atoms with Gasteiger partial charge in [0.25, 0.3) is 0 Å². The zero-order valence-corrected chi connectivity index (χ0v) is 14.2. The zero-order valence-electron chi connectivity index (χ0n) is 14.2. The Hall–Kier alpha value is -2.96. The third-order valence-electron chi connectivity index (χ3n) is 4.18. The molecule has 1 aliphatic rings. The predicted octanol–water partition coefficient (Wildman–Crippen LogP) is 1.03. The second kappa shape index (κ2) is 7.74. The van der Waals surface area contributed by atoms with E-state index in [4.69, 9.17) is 0 Å². The number of hydrogen-bond donors (Lipinski definition) is 0. The minimum atomic E-state index is -0.0687. The number of carbonyl (C=O) groups is 2. The fourth-order valence-electron chi connectivity index (χ4n) is 2.74. The third-order valence-corrected chi connectivity index (χ3v) is 4.18. The first-order chi connectivity index (χ1) is 12.1. The molecule has 0 N–H and O–H groups in total. The summed E-state index contributed by atoms with van der Waals surface area (Å²) in [5.74, 6) is -0.0153. The molecule has 1 saturated heterocycles. The fourth-order valence-corrected chi connectivity index (χ4v) is 2.74. The maximum atomic E-state index is 12.2. The van der Waals surface area contributed by atoms with Crippen molar-refractivity contribution in [3.63, 3.8) is 0 Å². The van der Waals surface area contributed by atoms with Gasteiger partial charge in [0.2, 0.25) is 11.8 Å². The highest BCUT2D eigenvalue weighted by molar-refractivity contribution is 5.91. The summed E-state index contributed by atoms with van der Waals surface area (Å²) in [6.07, 6.45) is 5.00. The Morgan fingerprint density at radius 2 is 1.76 bits per heavy atom. The van der Waals surface area contributed by atoms with Crippen LogP contribution in [0.3, 0.4) is 0 Å². The van der Waals surface area contributed by atoms with Crippen LogP contribution in [0.25, 0.3) is 6.08 Å². The first kappa shape index (κ1) is 16.9. The Bertz CT molecular complexity index is 761. The van der Waals surface area contributed by atoms with E-state index in [-0.39, 0.29) is 11.8 Å². The molecule has 2 aromatic rings. The highest BCUT2D eigenvalue weighted by Gasteiger charge is 2.20. The van der Waals surface area contributed by atoms with Gasteiger partial charge in [0.15, 0.2) is 0 Å². The van der Waals surface area contributed by atoms with E-state index in [9.17, 15) is 9.59 Å². The lowest BCUT2D eigenvalue weighted by atomic mass is 10.2. The molecule has 1 aliphatic heterocycles. The quantitative estimate of drug-likeness (QED) is 0.780. The van der Waals surface area contributed by atoms with Gasteiger partial charge in [-0.3, -0.25) is 9.59 Å². The van der Waals surface area contributed by atoms with E-state index >= 15 is 0 Å². The number of rotatable bonds is 4. The van der Waals surface area contributed by atoms with Crippen molar-refractivity contribution in [2.24, 2.45) is 0 Å². The number of amides is 2. The molecule has 1 aromatic carbocycles. The van der Waals surface area contributed by atoms with E-state index in [0.29, 0.717) is 38.4 Å². The highest BCUT2D eigenvalue weighted by Crippen LogP contribution is 2.06. The minimum absolute atomic E-state index is 0.0534. The number of piperazine rings is 1. The fraction of sp³-hybridized carbons (Fsp3) is 0.333. The predicted molar refractivity (Wildman–Crippen MR) is 93.4 cm³/mol. The van der Waals surface area contributed by atoms with Gasteiger partial charge in [0.05, 0.1) is 12.7 Å². The summed E-state index contributed by atoms with van der Waals surface area (Å²) in [5.41, 5.74) is 1.79. The lowest BCUT2D eigenvalue weighted by Crippen LogP contribution is -2.49. The number of benzene rings is 1. The van der Waals surface area contributed by atoms with Crippen molar-refractivity contribution in [1.82, 2.24) is 24.8 Å². The van der Waals surface area contributed by atoms with Gasteiger partial charge >= 0.3 is 0 Å². The molecule has 0 unspecified atom stereocenters. The van der Waals surface area contributed by atoms with Crippen molar-refractivity contribution in [2.75, 3.05) is 26.2 Å². The molecule has 0 aliphatic carbocycles. The molecule has 0 saturated carbocycles. The summed E-state index contributed by atoms with van der Waals surface area (Å²) in [6, 6.07) is 10.00. The van der Waals surface area contributed by atoms with Crippen LogP contribution in [0, 0.1) is 0 Å². The molecule has 1 fully saturated rings. The molecular formula is C18H21N5O2. The average molecular weight is 339 g/mol. The molecule has 0 atom stereocenters. The van der Waals surface area contributed by atoms with E-state index in [2.05, 4.69) is 10.3 Å². The highest BCUT2D eigenvalue weighted by atomic mass is 16.2. The molecule has 0 radical (unpaired) electrons. The van der Waals surface area contributed by atoms with Crippen LogP contribution in [0.15, 0.2) is 42.6 Å². The van der Waals surface area contributed by atoms with Crippen LogP contribution in [-0.2, 0) is 16.1 Å². The second-order valence-corrected chi connectivity index (χ2v) is 5.99. The topological polar surface area (TPSA) is 71.3 Å². The summed E-state index contributed by atoms with van der Waals surface area (Å²) in [7, 11) is 0. The zero-order chi connectivity index (χ0) is 17.6. The SMILES string of the molecule is CC(=O)N1CCN(C(=O)/C=C/c2cn(Cc3ccccc3)nn2)CC1. The normalized spacial score (nSPS) is 14.9. The van der Waals surface area contributed by atoms with E-state index in [1.54, 1.807) is 27.5 Å².